The van der Waals surface area contributed by atoms with Crippen LogP contribution in [0, 0.1) is 0 Å². The zero-order valence-corrected chi connectivity index (χ0v) is 19.7. The Morgan fingerprint density at radius 1 is 1.00 bits per heavy atom. The van der Waals surface area contributed by atoms with E-state index >= 15 is 0 Å². The predicted molar refractivity (Wildman–Crippen MR) is 131 cm³/mol. The van der Waals surface area contributed by atoms with E-state index in [1.54, 1.807) is 36.4 Å². The highest BCUT2D eigenvalue weighted by Gasteiger charge is 2.47. The number of carbonyl (C=O) groups is 3. The summed E-state index contributed by atoms with van der Waals surface area (Å²) in [4.78, 5) is 40.2. The molecule has 1 saturated heterocycles. The summed E-state index contributed by atoms with van der Waals surface area (Å²) < 4.78 is 15.6. The summed E-state index contributed by atoms with van der Waals surface area (Å²) in [5.74, 6) is -1.59. The van der Waals surface area contributed by atoms with Crippen molar-refractivity contribution >= 4 is 29.1 Å². The number of Topliss-reactive ketones (excluding diaryl/α,β-unsaturated/α-hetero) is 1. The van der Waals surface area contributed by atoms with Gasteiger partial charge in [0.25, 0.3) is 11.7 Å². The molecule has 1 unspecified atom stereocenters. The normalized spacial score (nSPS) is 17.9. The highest BCUT2D eigenvalue weighted by Crippen LogP contribution is 2.43. The van der Waals surface area contributed by atoms with Crippen LogP contribution in [-0.2, 0) is 20.7 Å². The van der Waals surface area contributed by atoms with Crippen LogP contribution >= 0.6 is 0 Å². The van der Waals surface area contributed by atoms with E-state index in [1.807, 2.05) is 31.2 Å². The summed E-state index contributed by atoms with van der Waals surface area (Å²) in [6.45, 7) is 2.09. The van der Waals surface area contributed by atoms with Crippen LogP contribution in [0.1, 0.15) is 40.0 Å². The third-order valence-electron chi connectivity index (χ3n) is 6.34. The van der Waals surface area contributed by atoms with Gasteiger partial charge in [0, 0.05) is 11.3 Å². The van der Waals surface area contributed by atoms with E-state index in [2.05, 4.69) is 0 Å². The molecule has 1 N–H and O–H groups in total. The van der Waals surface area contributed by atoms with Crippen LogP contribution in [0.15, 0.2) is 72.3 Å². The molecule has 182 valence electrons. The molecule has 0 saturated carbocycles. The number of hydrogen-bond donors (Lipinski definition) is 1. The van der Waals surface area contributed by atoms with E-state index in [0.29, 0.717) is 28.3 Å². The SMILES string of the molecule is CCc1ccc(C2/C(=C(/O)c3ccc4c(c3)OCO4)C(=O)C(=O)N2c2cccc(C(=O)OC)c2)cc1. The zero-order valence-electron chi connectivity index (χ0n) is 19.7. The molecule has 1 amide bonds. The zero-order chi connectivity index (χ0) is 25.4. The fraction of sp³-hybridized carbons (Fsp3) is 0.179. The van der Waals surface area contributed by atoms with Crippen molar-refractivity contribution in [2.45, 2.75) is 19.4 Å². The largest absolute Gasteiger partial charge is 0.507 e. The van der Waals surface area contributed by atoms with Gasteiger partial charge in [-0.2, -0.15) is 0 Å². The highest BCUT2D eigenvalue weighted by atomic mass is 16.7. The van der Waals surface area contributed by atoms with Gasteiger partial charge in [0.15, 0.2) is 11.5 Å². The van der Waals surface area contributed by atoms with E-state index < -0.39 is 23.7 Å². The monoisotopic (exact) mass is 485 g/mol. The molecule has 0 aliphatic carbocycles. The van der Waals surface area contributed by atoms with Gasteiger partial charge in [-0.15, -0.1) is 0 Å². The predicted octanol–water partition coefficient (Wildman–Crippen LogP) is 4.39. The van der Waals surface area contributed by atoms with Gasteiger partial charge in [-0.3, -0.25) is 14.5 Å². The average Bonchev–Trinajstić information content (AvgIpc) is 3.49. The maximum Gasteiger partial charge on any atom is 0.337 e. The molecule has 8 nitrogen and oxygen atoms in total. The lowest BCUT2D eigenvalue weighted by Crippen LogP contribution is -2.29. The third-order valence-corrected chi connectivity index (χ3v) is 6.34. The molecule has 0 bridgehead atoms. The number of hydrogen-bond acceptors (Lipinski definition) is 7. The first-order chi connectivity index (χ1) is 17.4. The number of ether oxygens (including phenoxy) is 3. The summed E-state index contributed by atoms with van der Waals surface area (Å²) >= 11 is 0. The standard InChI is InChI=1S/C28H23NO7/c1-3-16-7-9-17(10-8-16)24-23(25(30)18-11-12-21-22(14-18)36-15-35-21)26(31)27(32)29(24)20-6-4-5-19(13-20)28(33)34-2/h4-14,24,30H,3,15H2,1-2H3/b25-23-. The van der Waals surface area contributed by atoms with E-state index in [9.17, 15) is 19.5 Å². The molecule has 0 aromatic heterocycles. The number of amides is 1. The first kappa shape index (κ1) is 23.2. The average molecular weight is 485 g/mol. The number of rotatable bonds is 5. The molecule has 8 heteroatoms. The minimum absolute atomic E-state index is 0.0598. The quantitative estimate of drug-likeness (QED) is 0.247. The Kier molecular flexibility index (Phi) is 5.93. The van der Waals surface area contributed by atoms with Gasteiger partial charge < -0.3 is 19.3 Å². The summed E-state index contributed by atoms with van der Waals surface area (Å²) in [6, 6.07) is 17.7. The molecule has 2 aliphatic rings. The Morgan fingerprint density at radius 2 is 1.75 bits per heavy atom. The second-order valence-electron chi connectivity index (χ2n) is 8.37. The smallest absolute Gasteiger partial charge is 0.337 e. The Hall–Kier alpha value is -4.59. The number of esters is 1. The van der Waals surface area contributed by atoms with Crippen molar-refractivity contribution < 1.29 is 33.7 Å². The molecule has 2 heterocycles. The van der Waals surface area contributed by atoms with Gasteiger partial charge in [-0.25, -0.2) is 4.79 Å². The summed E-state index contributed by atoms with van der Waals surface area (Å²) in [5.41, 5.74) is 2.53. The number of aryl methyl sites for hydroxylation is 1. The van der Waals surface area contributed by atoms with Crippen LogP contribution in [0.3, 0.4) is 0 Å². The number of fused-ring (bicyclic) bond motifs is 1. The van der Waals surface area contributed by atoms with Gasteiger partial charge >= 0.3 is 5.97 Å². The fourth-order valence-electron chi connectivity index (χ4n) is 4.45. The van der Waals surface area contributed by atoms with Gasteiger partial charge in [0.05, 0.1) is 24.3 Å². The Morgan fingerprint density at radius 3 is 2.47 bits per heavy atom. The number of carbonyl (C=O) groups excluding carboxylic acids is 3. The minimum Gasteiger partial charge on any atom is -0.507 e. The van der Waals surface area contributed by atoms with Crippen molar-refractivity contribution in [2.24, 2.45) is 0 Å². The van der Waals surface area contributed by atoms with Crippen LogP contribution in [0.5, 0.6) is 11.5 Å². The number of anilines is 1. The van der Waals surface area contributed by atoms with Gasteiger partial charge in [0.1, 0.15) is 5.76 Å². The van der Waals surface area contributed by atoms with Gasteiger partial charge in [0.2, 0.25) is 6.79 Å². The van der Waals surface area contributed by atoms with Crippen LogP contribution in [0.25, 0.3) is 5.76 Å². The van der Waals surface area contributed by atoms with Gasteiger partial charge in [-0.1, -0.05) is 37.3 Å². The van der Waals surface area contributed by atoms with E-state index in [4.69, 9.17) is 14.2 Å². The van der Waals surface area contributed by atoms with Crippen LogP contribution in [-0.4, -0.2) is 36.7 Å². The summed E-state index contributed by atoms with van der Waals surface area (Å²) in [7, 11) is 1.27. The van der Waals surface area contributed by atoms with Crippen molar-refractivity contribution in [3.63, 3.8) is 0 Å². The minimum atomic E-state index is -0.922. The van der Waals surface area contributed by atoms with Crippen molar-refractivity contribution in [3.05, 3.63) is 94.6 Å². The number of nitrogens with zero attached hydrogens (tertiary/aromatic N) is 1. The lowest BCUT2D eigenvalue weighted by molar-refractivity contribution is -0.132. The lowest BCUT2D eigenvalue weighted by atomic mass is 9.94. The molecule has 36 heavy (non-hydrogen) atoms. The molecular formula is C28H23NO7. The maximum atomic E-state index is 13.4. The molecule has 1 atom stereocenters. The molecule has 0 spiro atoms. The van der Waals surface area contributed by atoms with E-state index in [0.717, 1.165) is 12.0 Å². The Bertz CT molecular complexity index is 1410. The number of aliphatic hydroxyl groups is 1. The lowest BCUT2D eigenvalue weighted by Gasteiger charge is -2.26. The molecule has 2 aliphatic heterocycles. The Balaban J connectivity index is 1.69. The molecule has 3 aromatic rings. The molecule has 0 radical (unpaired) electrons. The van der Waals surface area contributed by atoms with Crippen molar-refractivity contribution in [1.29, 1.82) is 0 Å². The van der Waals surface area contributed by atoms with Crippen LogP contribution in [0.4, 0.5) is 5.69 Å². The van der Waals surface area contributed by atoms with Gasteiger partial charge in [-0.05, 0) is 53.9 Å². The van der Waals surface area contributed by atoms with Crippen LogP contribution in [0.2, 0.25) is 0 Å². The number of methoxy groups -OCH3 is 1. The first-order valence-corrected chi connectivity index (χ1v) is 11.4. The van der Waals surface area contributed by atoms with E-state index in [1.165, 1.54) is 18.1 Å². The summed E-state index contributed by atoms with van der Waals surface area (Å²) in [6.07, 6.45) is 0.818. The third kappa shape index (κ3) is 3.86. The number of ketones is 1. The molecule has 5 rings (SSSR count). The molecule has 3 aromatic carbocycles. The first-order valence-electron chi connectivity index (χ1n) is 11.4. The second-order valence-corrected chi connectivity index (χ2v) is 8.37. The second kappa shape index (κ2) is 9.22. The van der Waals surface area contributed by atoms with Crippen molar-refractivity contribution in [3.8, 4) is 11.5 Å². The molecule has 1 fully saturated rings. The Labute approximate surface area is 207 Å². The number of aliphatic hydroxyl groups excluding tert-OH is 1. The maximum absolute atomic E-state index is 13.4. The fourth-order valence-corrected chi connectivity index (χ4v) is 4.45. The summed E-state index contributed by atoms with van der Waals surface area (Å²) in [5, 5.41) is 11.3. The molecular weight excluding hydrogens is 462 g/mol. The highest BCUT2D eigenvalue weighted by molar-refractivity contribution is 6.51. The van der Waals surface area contributed by atoms with Crippen molar-refractivity contribution in [1.82, 2.24) is 0 Å². The van der Waals surface area contributed by atoms with Crippen LogP contribution < -0.4 is 14.4 Å². The van der Waals surface area contributed by atoms with Crippen molar-refractivity contribution in [2.75, 3.05) is 18.8 Å². The topological polar surface area (TPSA) is 102 Å². The van der Waals surface area contributed by atoms with E-state index in [-0.39, 0.29) is 23.7 Å². The number of benzene rings is 3.